The first-order valence-corrected chi connectivity index (χ1v) is 9.05. The number of carbonyl (C=O) groups excluding carboxylic acids is 1. The second-order valence-corrected chi connectivity index (χ2v) is 6.64. The molecule has 0 bridgehead atoms. The summed E-state index contributed by atoms with van der Waals surface area (Å²) in [6.07, 6.45) is 0. The Kier molecular flexibility index (Phi) is 5.87. The van der Waals surface area contributed by atoms with Gasteiger partial charge in [-0.1, -0.05) is 6.07 Å². The highest BCUT2D eigenvalue weighted by atomic mass is 19.1. The van der Waals surface area contributed by atoms with Gasteiger partial charge in [0.1, 0.15) is 17.3 Å². The van der Waals surface area contributed by atoms with Crippen molar-refractivity contribution in [1.29, 1.82) is 0 Å². The summed E-state index contributed by atoms with van der Waals surface area (Å²) in [7, 11) is 4.60. The van der Waals surface area contributed by atoms with E-state index in [9.17, 15) is 9.18 Å². The van der Waals surface area contributed by atoms with Crippen LogP contribution in [-0.4, -0.2) is 32.2 Å². The van der Waals surface area contributed by atoms with Gasteiger partial charge in [0, 0.05) is 11.5 Å². The van der Waals surface area contributed by atoms with Crippen LogP contribution in [0.25, 0.3) is 10.9 Å². The van der Waals surface area contributed by atoms with Crippen molar-refractivity contribution in [3.8, 4) is 17.2 Å². The lowest BCUT2D eigenvalue weighted by atomic mass is 10.1. The number of carbonyl (C=O) groups is 1. The molecule has 1 atom stereocenters. The molecule has 0 spiro atoms. The summed E-state index contributed by atoms with van der Waals surface area (Å²) in [5, 5.41) is 3.44. The number of methoxy groups -OCH3 is 3. The van der Waals surface area contributed by atoms with Crippen LogP contribution in [0.15, 0.2) is 36.4 Å². The van der Waals surface area contributed by atoms with Crippen molar-refractivity contribution in [3.05, 3.63) is 59.0 Å². The van der Waals surface area contributed by atoms with E-state index in [1.54, 1.807) is 27.2 Å². The number of amides is 1. The maximum Gasteiger partial charge on any atom is 0.270 e. The average molecular weight is 398 g/mol. The van der Waals surface area contributed by atoms with Crippen LogP contribution in [0.3, 0.4) is 0 Å². The molecule has 2 aromatic carbocycles. The molecule has 7 heteroatoms. The van der Waals surface area contributed by atoms with Crippen molar-refractivity contribution in [2.75, 3.05) is 21.3 Å². The highest BCUT2D eigenvalue weighted by Crippen LogP contribution is 2.31. The van der Waals surface area contributed by atoms with Crippen molar-refractivity contribution < 1.29 is 23.4 Å². The monoisotopic (exact) mass is 398 g/mol. The van der Waals surface area contributed by atoms with Gasteiger partial charge in [-0.15, -0.1) is 0 Å². The topological polar surface area (TPSA) is 69.7 Å². The van der Waals surface area contributed by atoms with E-state index < -0.39 is 0 Å². The summed E-state index contributed by atoms with van der Waals surface area (Å²) in [6.45, 7) is 3.60. The summed E-state index contributed by atoms with van der Waals surface area (Å²) >= 11 is 0. The molecule has 1 heterocycles. The highest BCUT2D eigenvalue weighted by Gasteiger charge is 2.18. The number of aromatic nitrogens is 1. The van der Waals surface area contributed by atoms with E-state index in [1.807, 2.05) is 19.1 Å². The molecule has 1 N–H and O–H groups in total. The Labute approximate surface area is 168 Å². The van der Waals surface area contributed by atoms with Crippen LogP contribution in [0.4, 0.5) is 4.39 Å². The van der Waals surface area contributed by atoms with Crippen LogP contribution in [0.5, 0.6) is 17.2 Å². The van der Waals surface area contributed by atoms with Gasteiger partial charge in [-0.2, -0.15) is 0 Å². The number of nitrogens with zero attached hydrogens (tertiary/aromatic N) is 1. The van der Waals surface area contributed by atoms with Crippen LogP contribution in [-0.2, 0) is 0 Å². The molecule has 0 saturated carbocycles. The summed E-state index contributed by atoms with van der Waals surface area (Å²) in [6, 6.07) is 9.38. The van der Waals surface area contributed by atoms with E-state index in [1.165, 1.54) is 25.3 Å². The zero-order valence-electron chi connectivity index (χ0n) is 17.0. The van der Waals surface area contributed by atoms with Gasteiger partial charge in [0.15, 0.2) is 11.5 Å². The summed E-state index contributed by atoms with van der Waals surface area (Å²) in [4.78, 5) is 17.3. The molecule has 1 aromatic heterocycles. The first-order valence-electron chi connectivity index (χ1n) is 9.05. The van der Waals surface area contributed by atoms with E-state index in [0.29, 0.717) is 33.7 Å². The molecule has 29 heavy (non-hydrogen) atoms. The number of rotatable bonds is 6. The number of fused-ring (bicyclic) bond motifs is 1. The Hall–Kier alpha value is -3.35. The van der Waals surface area contributed by atoms with Gasteiger partial charge in [0.05, 0.1) is 32.9 Å². The Bertz CT molecular complexity index is 1070. The van der Waals surface area contributed by atoms with Gasteiger partial charge in [-0.25, -0.2) is 9.37 Å². The Morgan fingerprint density at radius 2 is 1.69 bits per heavy atom. The maximum absolute atomic E-state index is 13.8. The van der Waals surface area contributed by atoms with E-state index in [4.69, 9.17) is 14.2 Å². The molecule has 0 aliphatic carbocycles. The average Bonchev–Trinajstić information content (AvgIpc) is 2.72. The third-order valence-electron chi connectivity index (χ3n) is 4.74. The first kappa shape index (κ1) is 20.4. The van der Waals surface area contributed by atoms with E-state index in [-0.39, 0.29) is 23.5 Å². The molecule has 3 aromatic rings. The van der Waals surface area contributed by atoms with Crippen molar-refractivity contribution in [2.45, 2.75) is 19.9 Å². The second-order valence-electron chi connectivity index (χ2n) is 6.64. The van der Waals surface area contributed by atoms with Gasteiger partial charge >= 0.3 is 0 Å². The smallest absolute Gasteiger partial charge is 0.270 e. The quantitative estimate of drug-likeness (QED) is 0.674. The van der Waals surface area contributed by atoms with Crippen molar-refractivity contribution in [2.24, 2.45) is 0 Å². The van der Waals surface area contributed by atoms with Crippen molar-refractivity contribution in [1.82, 2.24) is 10.3 Å². The molecule has 152 valence electrons. The van der Waals surface area contributed by atoms with E-state index >= 15 is 0 Å². The molecule has 3 rings (SSSR count). The maximum atomic E-state index is 13.8. The molecular weight excluding hydrogens is 375 g/mol. The minimum Gasteiger partial charge on any atom is -0.496 e. The molecule has 0 aliphatic heterocycles. The molecule has 0 fully saturated rings. The minimum absolute atomic E-state index is 0.191. The van der Waals surface area contributed by atoms with Crippen LogP contribution in [0.2, 0.25) is 0 Å². The summed E-state index contributed by atoms with van der Waals surface area (Å²) < 4.78 is 29.7. The third kappa shape index (κ3) is 4.08. The fourth-order valence-corrected chi connectivity index (χ4v) is 3.19. The number of aryl methyl sites for hydroxylation is 1. The standard InChI is InChI=1S/C22H23FN2O4/c1-12-8-15(23)10-16-19(28-4)11-17(25-21(12)16)22(26)24-13(2)14-6-7-18(27-3)20(9-14)29-5/h6-11,13H,1-5H3,(H,24,26)/t13-/m0/s1. The molecule has 0 radical (unpaired) electrons. The zero-order valence-corrected chi connectivity index (χ0v) is 17.0. The lowest BCUT2D eigenvalue weighted by molar-refractivity contribution is 0.0935. The van der Waals surface area contributed by atoms with Crippen LogP contribution >= 0.6 is 0 Å². The number of ether oxygens (including phenoxy) is 3. The second kappa shape index (κ2) is 8.34. The normalized spacial score (nSPS) is 11.8. The van der Waals surface area contributed by atoms with Gasteiger partial charge in [0.25, 0.3) is 5.91 Å². The lowest BCUT2D eigenvalue weighted by Gasteiger charge is -2.17. The molecule has 1 amide bonds. The number of hydrogen-bond donors (Lipinski definition) is 1. The highest BCUT2D eigenvalue weighted by molar-refractivity contribution is 5.98. The van der Waals surface area contributed by atoms with E-state index in [0.717, 1.165) is 5.56 Å². The fraction of sp³-hybridized carbons (Fsp3) is 0.273. The predicted molar refractivity (Wildman–Crippen MR) is 108 cm³/mol. The number of hydrogen-bond acceptors (Lipinski definition) is 5. The summed E-state index contributed by atoms with van der Waals surface area (Å²) in [5.41, 5.74) is 2.19. The largest absolute Gasteiger partial charge is 0.496 e. The summed E-state index contributed by atoms with van der Waals surface area (Å²) in [5.74, 6) is 0.833. The van der Waals surface area contributed by atoms with E-state index in [2.05, 4.69) is 10.3 Å². The van der Waals surface area contributed by atoms with Crippen LogP contribution in [0.1, 0.15) is 34.6 Å². The Morgan fingerprint density at radius 3 is 2.34 bits per heavy atom. The minimum atomic E-state index is -0.380. The molecule has 0 aliphatic rings. The number of pyridine rings is 1. The number of halogens is 1. The van der Waals surface area contributed by atoms with Gasteiger partial charge in [0.2, 0.25) is 0 Å². The molecule has 0 saturated heterocycles. The van der Waals surface area contributed by atoms with Gasteiger partial charge in [-0.05, 0) is 49.2 Å². The lowest BCUT2D eigenvalue weighted by Crippen LogP contribution is -2.27. The first-order chi connectivity index (χ1) is 13.9. The van der Waals surface area contributed by atoms with Crippen molar-refractivity contribution >= 4 is 16.8 Å². The van der Waals surface area contributed by atoms with Crippen LogP contribution in [0, 0.1) is 12.7 Å². The van der Waals surface area contributed by atoms with Gasteiger partial charge in [-0.3, -0.25) is 4.79 Å². The fourth-order valence-electron chi connectivity index (χ4n) is 3.19. The molecule has 6 nitrogen and oxygen atoms in total. The zero-order chi connectivity index (χ0) is 21.1. The predicted octanol–water partition coefficient (Wildman–Crippen LogP) is 4.20. The number of benzene rings is 2. The molecule has 0 unspecified atom stereocenters. The van der Waals surface area contributed by atoms with Crippen molar-refractivity contribution in [3.63, 3.8) is 0 Å². The Balaban J connectivity index is 1.91. The number of nitrogens with one attached hydrogen (secondary N) is 1. The van der Waals surface area contributed by atoms with Gasteiger partial charge < -0.3 is 19.5 Å². The third-order valence-corrected chi connectivity index (χ3v) is 4.74. The Morgan fingerprint density at radius 1 is 1.00 bits per heavy atom. The molecular formula is C22H23FN2O4. The van der Waals surface area contributed by atoms with Crippen LogP contribution < -0.4 is 19.5 Å². The SMILES string of the molecule is COc1ccc([C@H](C)NC(=O)c2cc(OC)c3cc(F)cc(C)c3n2)cc1OC.